The van der Waals surface area contributed by atoms with Crippen LogP contribution in [0.5, 0.6) is 0 Å². The highest BCUT2D eigenvalue weighted by atomic mass is 35.5. The van der Waals surface area contributed by atoms with Gasteiger partial charge in [0.1, 0.15) is 0 Å². The number of hydrogen-bond acceptors (Lipinski definition) is 2. The van der Waals surface area contributed by atoms with E-state index in [4.69, 9.17) is 11.6 Å². The molecular formula is C8H13ClO2S. The maximum atomic E-state index is 11.1. The monoisotopic (exact) mass is 208 g/mol. The first kappa shape index (κ1) is 10.1. The Morgan fingerprint density at radius 1 is 1.67 bits per heavy atom. The minimum atomic E-state index is -2.97. The number of halogens is 1. The SMILES string of the molecule is CCCCC1CS(=O)(=O)C=C1Cl. The predicted molar refractivity (Wildman–Crippen MR) is 50.7 cm³/mol. The summed E-state index contributed by atoms with van der Waals surface area (Å²) in [5, 5.41) is 1.72. The Kier molecular flexibility index (Phi) is 3.18. The lowest BCUT2D eigenvalue weighted by Crippen LogP contribution is -2.06. The summed E-state index contributed by atoms with van der Waals surface area (Å²) in [5.41, 5.74) is 0. The maximum absolute atomic E-state index is 11.1. The molecule has 0 amide bonds. The zero-order valence-electron chi connectivity index (χ0n) is 7.09. The molecule has 1 rings (SSSR count). The second-order valence-electron chi connectivity index (χ2n) is 3.17. The van der Waals surface area contributed by atoms with Crippen LogP contribution < -0.4 is 0 Å². The van der Waals surface area contributed by atoms with E-state index in [0.29, 0.717) is 5.03 Å². The van der Waals surface area contributed by atoms with Crippen molar-refractivity contribution in [3.05, 3.63) is 10.4 Å². The van der Waals surface area contributed by atoms with E-state index >= 15 is 0 Å². The average molecular weight is 209 g/mol. The van der Waals surface area contributed by atoms with E-state index in [-0.39, 0.29) is 11.7 Å². The normalized spacial score (nSPS) is 27.2. The number of hydrogen-bond donors (Lipinski definition) is 0. The van der Waals surface area contributed by atoms with Crippen LogP contribution in [-0.2, 0) is 9.84 Å². The van der Waals surface area contributed by atoms with E-state index in [1.807, 2.05) is 0 Å². The molecule has 0 spiro atoms. The lowest BCUT2D eigenvalue weighted by atomic mass is 10.0. The summed E-state index contributed by atoms with van der Waals surface area (Å²) in [6.45, 7) is 2.08. The molecule has 0 saturated heterocycles. The van der Waals surface area contributed by atoms with Crippen LogP contribution in [0.15, 0.2) is 10.4 Å². The van der Waals surface area contributed by atoms with Gasteiger partial charge in [0.05, 0.1) is 5.75 Å². The third kappa shape index (κ3) is 2.49. The van der Waals surface area contributed by atoms with Gasteiger partial charge in [-0.05, 0) is 6.42 Å². The van der Waals surface area contributed by atoms with Crippen molar-refractivity contribution in [1.82, 2.24) is 0 Å². The molecule has 1 aliphatic heterocycles. The number of unbranched alkanes of at least 4 members (excludes halogenated alkanes) is 1. The molecule has 0 bridgehead atoms. The van der Waals surface area contributed by atoms with Gasteiger partial charge in [-0.15, -0.1) is 0 Å². The smallest absolute Gasteiger partial charge is 0.173 e. The Morgan fingerprint density at radius 2 is 2.33 bits per heavy atom. The summed E-state index contributed by atoms with van der Waals surface area (Å²) >= 11 is 5.78. The summed E-state index contributed by atoms with van der Waals surface area (Å²) in [5.74, 6) is 0.280. The van der Waals surface area contributed by atoms with Gasteiger partial charge in [0.2, 0.25) is 0 Å². The van der Waals surface area contributed by atoms with Crippen molar-refractivity contribution < 1.29 is 8.42 Å². The summed E-state index contributed by atoms with van der Waals surface area (Å²) in [6.07, 6.45) is 3.02. The van der Waals surface area contributed by atoms with E-state index in [2.05, 4.69) is 6.92 Å². The molecule has 2 nitrogen and oxygen atoms in total. The minimum Gasteiger partial charge on any atom is -0.224 e. The molecule has 1 atom stereocenters. The molecule has 12 heavy (non-hydrogen) atoms. The van der Waals surface area contributed by atoms with Crippen molar-refractivity contribution in [1.29, 1.82) is 0 Å². The van der Waals surface area contributed by atoms with Crippen molar-refractivity contribution in [2.45, 2.75) is 26.2 Å². The van der Waals surface area contributed by atoms with Crippen LogP contribution in [-0.4, -0.2) is 14.2 Å². The molecule has 0 fully saturated rings. The van der Waals surface area contributed by atoms with E-state index in [1.165, 1.54) is 5.41 Å². The zero-order valence-corrected chi connectivity index (χ0v) is 8.66. The molecule has 0 aromatic rings. The van der Waals surface area contributed by atoms with Crippen molar-refractivity contribution in [2.75, 3.05) is 5.75 Å². The second kappa shape index (κ2) is 3.79. The lowest BCUT2D eigenvalue weighted by molar-refractivity contribution is 0.573. The highest BCUT2D eigenvalue weighted by Crippen LogP contribution is 2.30. The highest BCUT2D eigenvalue weighted by Gasteiger charge is 2.27. The molecular weight excluding hydrogens is 196 g/mol. The number of sulfone groups is 1. The summed E-state index contributed by atoms with van der Waals surface area (Å²) < 4.78 is 22.1. The van der Waals surface area contributed by atoms with E-state index in [9.17, 15) is 8.42 Å². The summed E-state index contributed by atoms with van der Waals surface area (Å²) in [6, 6.07) is 0. The van der Waals surface area contributed by atoms with Crippen LogP contribution in [0.2, 0.25) is 0 Å². The van der Waals surface area contributed by atoms with Gasteiger partial charge < -0.3 is 0 Å². The molecule has 1 unspecified atom stereocenters. The lowest BCUT2D eigenvalue weighted by Gasteiger charge is -2.06. The molecule has 0 N–H and O–H groups in total. The highest BCUT2D eigenvalue weighted by molar-refractivity contribution is 7.94. The standard InChI is InChI=1S/C8H13ClO2S/c1-2-3-4-7-5-12(10,11)6-8(7)9/h6-7H,2-5H2,1H3. The first-order chi connectivity index (χ1) is 5.55. The minimum absolute atomic E-state index is 0.0663. The van der Waals surface area contributed by atoms with Crippen molar-refractivity contribution >= 4 is 21.4 Å². The van der Waals surface area contributed by atoms with E-state index in [0.717, 1.165) is 19.3 Å². The van der Waals surface area contributed by atoms with Crippen molar-refractivity contribution in [3.8, 4) is 0 Å². The van der Waals surface area contributed by atoms with Gasteiger partial charge >= 0.3 is 0 Å². The van der Waals surface area contributed by atoms with E-state index < -0.39 is 9.84 Å². The van der Waals surface area contributed by atoms with Crippen LogP contribution in [0, 0.1) is 5.92 Å². The number of allylic oxidation sites excluding steroid dienone is 1. The van der Waals surface area contributed by atoms with Crippen LogP contribution in [0.4, 0.5) is 0 Å². The molecule has 4 heteroatoms. The van der Waals surface area contributed by atoms with Gasteiger partial charge in [0, 0.05) is 16.4 Å². The Balaban J connectivity index is 2.57. The molecule has 0 aliphatic carbocycles. The molecule has 70 valence electrons. The van der Waals surface area contributed by atoms with Gasteiger partial charge in [-0.1, -0.05) is 31.4 Å². The van der Waals surface area contributed by atoms with Gasteiger partial charge in [-0.25, -0.2) is 8.42 Å². The van der Waals surface area contributed by atoms with E-state index in [1.54, 1.807) is 0 Å². The van der Waals surface area contributed by atoms with Crippen LogP contribution in [0.3, 0.4) is 0 Å². The Bertz CT molecular complexity index is 279. The van der Waals surface area contributed by atoms with Crippen molar-refractivity contribution in [3.63, 3.8) is 0 Å². The second-order valence-corrected chi connectivity index (χ2v) is 5.50. The topological polar surface area (TPSA) is 34.1 Å². The quantitative estimate of drug-likeness (QED) is 0.713. The molecule has 0 aromatic heterocycles. The summed E-state index contributed by atoms with van der Waals surface area (Å²) in [4.78, 5) is 0. The predicted octanol–water partition coefficient (Wildman–Crippen LogP) is 2.30. The van der Waals surface area contributed by atoms with Crippen LogP contribution in [0.25, 0.3) is 0 Å². The first-order valence-corrected chi connectivity index (χ1v) is 6.24. The van der Waals surface area contributed by atoms with Gasteiger partial charge in [0.25, 0.3) is 0 Å². The Morgan fingerprint density at radius 3 is 2.75 bits per heavy atom. The van der Waals surface area contributed by atoms with Gasteiger partial charge in [-0.3, -0.25) is 0 Å². The molecule has 1 aliphatic rings. The van der Waals surface area contributed by atoms with Crippen LogP contribution >= 0.6 is 11.6 Å². The van der Waals surface area contributed by atoms with Crippen LogP contribution in [0.1, 0.15) is 26.2 Å². The third-order valence-electron chi connectivity index (χ3n) is 2.02. The fourth-order valence-electron chi connectivity index (χ4n) is 1.35. The molecule has 0 aromatic carbocycles. The number of rotatable bonds is 3. The summed E-state index contributed by atoms with van der Waals surface area (Å²) in [7, 11) is -2.97. The first-order valence-electron chi connectivity index (χ1n) is 4.15. The zero-order chi connectivity index (χ0) is 9.19. The Labute approximate surface area is 78.5 Å². The molecule has 0 radical (unpaired) electrons. The largest absolute Gasteiger partial charge is 0.224 e. The molecule has 0 saturated carbocycles. The maximum Gasteiger partial charge on any atom is 0.173 e. The Hall–Kier alpha value is -0.0200. The third-order valence-corrected chi connectivity index (χ3v) is 4.05. The van der Waals surface area contributed by atoms with Gasteiger partial charge in [-0.2, -0.15) is 0 Å². The molecule has 1 heterocycles. The van der Waals surface area contributed by atoms with Crippen molar-refractivity contribution in [2.24, 2.45) is 5.92 Å². The van der Waals surface area contributed by atoms with Gasteiger partial charge in [0.15, 0.2) is 9.84 Å². The average Bonchev–Trinajstić information content (AvgIpc) is 2.20. The fourth-order valence-corrected chi connectivity index (χ4v) is 3.57. The fraction of sp³-hybridized carbons (Fsp3) is 0.750.